The molecule has 0 rings (SSSR count). The van der Waals surface area contributed by atoms with Crippen molar-refractivity contribution < 1.29 is 0 Å². The second-order valence-corrected chi connectivity index (χ2v) is 3.70. The fourth-order valence-corrected chi connectivity index (χ4v) is 1.22. The molecule has 0 saturated heterocycles. The van der Waals surface area contributed by atoms with Gasteiger partial charge in [-0.05, 0) is 26.3 Å². The molecule has 0 aromatic heterocycles. The number of nitrogens with zero attached hydrogens (tertiary/aromatic N) is 2. The van der Waals surface area contributed by atoms with Gasteiger partial charge in [-0.25, -0.2) is 0 Å². The molecule has 0 amide bonds. The van der Waals surface area contributed by atoms with E-state index in [1.165, 1.54) is 0 Å². The Morgan fingerprint density at radius 2 is 1.83 bits per heavy atom. The van der Waals surface area contributed by atoms with Gasteiger partial charge in [0.2, 0.25) is 0 Å². The summed E-state index contributed by atoms with van der Waals surface area (Å²) in [5, 5.41) is 8.84. The van der Waals surface area contributed by atoms with Crippen molar-refractivity contribution in [1.29, 1.82) is 5.26 Å². The summed E-state index contributed by atoms with van der Waals surface area (Å²) < 4.78 is 0. The summed E-state index contributed by atoms with van der Waals surface area (Å²) >= 11 is 0. The van der Waals surface area contributed by atoms with Gasteiger partial charge in [0.05, 0.1) is 12.1 Å². The van der Waals surface area contributed by atoms with Crippen molar-refractivity contribution in [2.75, 3.05) is 7.05 Å². The lowest BCUT2D eigenvalue weighted by Gasteiger charge is -2.30. The molecule has 0 aromatic rings. The first-order chi connectivity index (χ1) is 5.54. The molecule has 2 heteroatoms. The van der Waals surface area contributed by atoms with E-state index in [4.69, 9.17) is 5.26 Å². The van der Waals surface area contributed by atoms with Crippen molar-refractivity contribution in [2.24, 2.45) is 5.92 Å². The van der Waals surface area contributed by atoms with E-state index in [1.807, 2.05) is 7.05 Å². The molecule has 2 atom stereocenters. The van der Waals surface area contributed by atoms with E-state index in [0.717, 1.165) is 6.42 Å². The molecule has 2 unspecified atom stereocenters. The summed E-state index contributed by atoms with van der Waals surface area (Å²) in [6.07, 6.45) is 0.907. The van der Waals surface area contributed by atoms with Gasteiger partial charge >= 0.3 is 0 Å². The zero-order valence-electron chi connectivity index (χ0n) is 8.83. The first-order valence-corrected chi connectivity index (χ1v) is 4.66. The maximum atomic E-state index is 8.84. The van der Waals surface area contributed by atoms with Crippen LogP contribution in [0, 0.1) is 17.2 Å². The topological polar surface area (TPSA) is 27.0 Å². The van der Waals surface area contributed by atoms with E-state index in [0.29, 0.717) is 12.0 Å². The minimum Gasteiger partial charge on any atom is -0.288 e. The lowest BCUT2D eigenvalue weighted by atomic mass is 10.0. The lowest BCUT2D eigenvalue weighted by molar-refractivity contribution is 0.174. The highest BCUT2D eigenvalue weighted by Gasteiger charge is 2.19. The smallest absolute Gasteiger partial charge is 0.0975 e. The van der Waals surface area contributed by atoms with Crippen molar-refractivity contribution in [3.05, 3.63) is 0 Å². The number of nitriles is 1. The molecule has 0 heterocycles. The quantitative estimate of drug-likeness (QED) is 0.644. The van der Waals surface area contributed by atoms with Crippen LogP contribution in [0.3, 0.4) is 0 Å². The second kappa shape index (κ2) is 5.16. The van der Waals surface area contributed by atoms with E-state index in [-0.39, 0.29) is 6.04 Å². The van der Waals surface area contributed by atoms with Crippen molar-refractivity contribution in [3.8, 4) is 6.07 Å². The van der Waals surface area contributed by atoms with Gasteiger partial charge in [0, 0.05) is 6.04 Å². The van der Waals surface area contributed by atoms with Crippen LogP contribution in [0.1, 0.15) is 34.1 Å². The molecule has 0 aliphatic carbocycles. The van der Waals surface area contributed by atoms with E-state index in [9.17, 15) is 0 Å². The molecule has 2 nitrogen and oxygen atoms in total. The first kappa shape index (κ1) is 11.4. The number of hydrogen-bond donors (Lipinski definition) is 0. The van der Waals surface area contributed by atoms with Crippen LogP contribution < -0.4 is 0 Å². The second-order valence-electron chi connectivity index (χ2n) is 3.70. The molecule has 70 valence electrons. The number of rotatable bonds is 4. The van der Waals surface area contributed by atoms with Crippen LogP contribution in [-0.4, -0.2) is 24.0 Å². The van der Waals surface area contributed by atoms with Crippen LogP contribution in [0.25, 0.3) is 0 Å². The van der Waals surface area contributed by atoms with Gasteiger partial charge in [-0.2, -0.15) is 5.26 Å². The van der Waals surface area contributed by atoms with Crippen LogP contribution in [0.2, 0.25) is 0 Å². The predicted octanol–water partition coefficient (Wildman–Crippen LogP) is 2.26. The SMILES string of the molecule is CCC(C#N)N(C)C(C)C(C)C. The van der Waals surface area contributed by atoms with Gasteiger partial charge < -0.3 is 0 Å². The third-order valence-corrected chi connectivity index (χ3v) is 2.63. The summed E-state index contributed by atoms with van der Waals surface area (Å²) in [5.74, 6) is 0.609. The molecule has 0 N–H and O–H groups in total. The molecular weight excluding hydrogens is 148 g/mol. The molecule has 0 fully saturated rings. The van der Waals surface area contributed by atoms with Gasteiger partial charge in [-0.3, -0.25) is 4.90 Å². The molecule has 0 bridgehead atoms. The van der Waals surface area contributed by atoms with Gasteiger partial charge in [0.1, 0.15) is 0 Å². The van der Waals surface area contributed by atoms with Gasteiger partial charge in [-0.15, -0.1) is 0 Å². The maximum Gasteiger partial charge on any atom is 0.0975 e. The fourth-order valence-electron chi connectivity index (χ4n) is 1.22. The zero-order valence-corrected chi connectivity index (χ0v) is 8.83. The van der Waals surface area contributed by atoms with E-state index < -0.39 is 0 Å². The predicted molar refractivity (Wildman–Crippen MR) is 51.8 cm³/mol. The average molecular weight is 168 g/mol. The molecule has 0 aromatic carbocycles. The summed E-state index contributed by atoms with van der Waals surface area (Å²) in [6, 6.07) is 2.87. The van der Waals surface area contributed by atoms with Crippen LogP contribution in [0.15, 0.2) is 0 Å². The minimum atomic E-state index is 0.0717. The first-order valence-electron chi connectivity index (χ1n) is 4.66. The average Bonchev–Trinajstić information content (AvgIpc) is 2.05. The number of hydrogen-bond acceptors (Lipinski definition) is 2. The highest BCUT2D eigenvalue weighted by Crippen LogP contribution is 2.12. The molecule has 0 aliphatic heterocycles. The lowest BCUT2D eigenvalue weighted by Crippen LogP contribution is -2.40. The molecule has 12 heavy (non-hydrogen) atoms. The summed E-state index contributed by atoms with van der Waals surface area (Å²) in [6.45, 7) is 8.60. The van der Waals surface area contributed by atoms with Crippen LogP contribution >= 0.6 is 0 Å². The molecule has 0 saturated carbocycles. The molecular formula is C10H20N2. The highest BCUT2D eigenvalue weighted by atomic mass is 15.2. The van der Waals surface area contributed by atoms with Crippen molar-refractivity contribution >= 4 is 0 Å². The van der Waals surface area contributed by atoms with Crippen molar-refractivity contribution in [3.63, 3.8) is 0 Å². The fraction of sp³-hybridized carbons (Fsp3) is 0.900. The van der Waals surface area contributed by atoms with Gasteiger partial charge in [0.25, 0.3) is 0 Å². The van der Waals surface area contributed by atoms with E-state index in [1.54, 1.807) is 0 Å². The standard InChI is InChI=1S/C10H20N2/c1-6-10(7-11)12(5)9(4)8(2)3/h8-10H,6H2,1-5H3. The Balaban J connectivity index is 4.17. The third-order valence-electron chi connectivity index (χ3n) is 2.63. The van der Waals surface area contributed by atoms with E-state index >= 15 is 0 Å². The normalized spacial score (nSPS) is 16.2. The van der Waals surface area contributed by atoms with Crippen LogP contribution in [-0.2, 0) is 0 Å². The van der Waals surface area contributed by atoms with Gasteiger partial charge in [-0.1, -0.05) is 20.8 Å². The maximum absolute atomic E-state index is 8.84. The summed E-state index contributed by atoms with van der Waals surface area (Å²) in [4.78, 5) is 2.16. The Hall–Kier alpha value is -0.550. The largest absolute Gasteiger partial charge is 0.288 e. The van der Waals surface area contributed by atoms with Crippen molar-refractivity contribution in [1.82, 2.24) is 4.90 Å². The summed E-state index contributed by atoms with van der Waals surface area (Å²) in [7, 11) is 2.03. The minimum absolute atomic E-state index is 0.0717. The Morgan fingerprint density at radius 3 is 2.08 bits per heavy atom. The zero-order chi connectivity index (χ0) is 9.72. The van der Waals surface area contributed by atoms with Crippen molar-refractivity contribution in [2.45, 2.75) is 46.2 Å². The van der Waals surface area contributed by atoms with E-state index in [2.05, 4.69) is 38.7 Å². The third kappa shape index (κ3) is 2.83. The highest BCUT2D eigenvalue weighted by molar-refractivity contribution is 4.91. The van der Waals surface area contributed by atoms with Crippen LogP contribution in [0.5, 0.6) is 0 Å². The van der Waals surface area contributed by atoms with Crippen LogP contribution in [0.4, 0.5) is 0 Å². The molecule has 0 radical (unpaired) electrons. The Morgan fingerprint density at radius 1 is 1.33 bits per heavy atom. The monoisotopic (exact) mass is 168 g/mol. The summed E-state index contributed by atoms with van der Waals surface area (Å²) in [5.41, 5.74) is 0. The molecule has 0 aliphatic rings. The Bertz CT molecular complexity index is 158. The molecule has 0 spiro atoms. The van der Waals surface area contributed by atoms with Gasteiger partial charge in [0.15, 0.2) is 0 Å². The Labute approximate surface area is 76.2 Å². The Kier molecular flexibility index (Phi) is 4.92.